The highest BCUT2D eigenvalue weighted by Crippen LogP contribution is 2.13. The van der Waals surface area contributed by atoms with Gasteiger partial charge in [0.1, 0.15) is 5.75 Å². The van der Waals surface area contributed by atoms with Gasteiger partial charge in [-0.15, -0.1) is 0 Å². The number of rotatable bonds is 1. The maximum Gasteiger partial charge on any atom is 0.115 e. The van der Waals surface area contributed by atoms with Gasteiger partial charge in [0.15, 0.2) is 0 Å². The van der Waals surface area contributed by atoms with Crippen molar-refractivity contribution in [2.24, 2.45) is 10.2 Å². The topological polar surface area (TPSA) is 45.0 Å². The van der Waals surface area contributed by atoms with E-state index in [1.54, 1.807) is 18.3 Å². The molecule has 1 aliphatic rings. The van der Waals surface area contributed by atoms with E-state index in [1.165, 1.54) is 0 Å². The Bertz CT molecular complexity index is 338. The lowest BCUT2D eigenvalue weighted by atomic mass is 10.1. The van der Waals surface area contributed by atoms with Gasteiger partial charge < -0.3 is 5.11 Å². The largest absolute Gasteiger partial charge is 0.508 e. The Labute approximate surface area is 70.1 Å². The maximum atomic E-state index is 9.03. The summed E-state index contributed by atoms with van der Waals surface area (Å²) in [6.45, 7) is 0. The fourth-order valence-corrected chi connectivity index (χ4v) is 1.11. The van der Waals surface area contributed by atoms with Crippen LogP contribution in [0.25, 0.3) is 0 Å². The Kier molecular flexibility index (Phi) is 1.63. The molecule has 0 unspecified atom stereocenters. The highest BCUT2D eigenvalue weighted by Gasteiger charge is 2.05. The van der Waals surface area contributed by atoms with E-state index < -0.39 is 0 Å². The minimum absolute atomic E-state index is 0.276. The van der Waals surface area contributed by atoms with Crippen LogP contribution in [0.2, 0.25) is 0 Å². The molecule has 0 spiro atoms. The third-order valence-electron chi connectivity index (χ3n) is 1.75. The molecule has 0 saturated carbocycles. The van der Waals surface area contributed by atoms with Gasteiger partial charge in [0.05, 0.1) is 5.71 Å². The van der Waals surface area contributed by atoms with Gasteiger partial charge in [-0.25, -0.2) is 0 Å². The smallest absolute Gasteiger partial charge is 0.115 e. The number of phenols is 1. The standard InChI is InChI=1S/C9H8N2O/c12-8-3-1-7(2-4-8)9-5-6-10-11-9/h1-4,6,12H,5H2. The number of phenolic OH excluding ortho intramolecular Hbond substituents is 1. The van der Waals surface area contributed by atoms with Crippen molar-refractivity contribution in [3.05, 3.63) is 29.8 Å². The van der Waals surface area contributed by atoms with Crippen molar-refractivity contribution in [2.45, 2.75) is 6.42 Å². The number of hydrogen-bond acceptors (Lipinski definition) is 3. The van der Waals surface area contributed by atoms with Crippen molar-refractivity contribution in [3.8, 4) is 5.75 Å². The van der Waals surface area contributed by atoms with Gasteiger partial charge >= 0.3 is 0 Å². The van der Waals surface area contributed by atoms with E-state index >= 15 is 0 Å². The van der Waals surface area contributed by atoms with E-state index in [2.05, 4.69) is 10.2 Å². The lowest BCUT2D eigenvalue weighted by Crippen LogP contribution is -1.96. The molecule has 1 aromatic carbocycles. The lowest BCUT2D eigenvalue weighted by molar-refractivity contribution is 0.475. The molecule has 0 amide bonds. The molecule has 3 heteroatoms. The second-order valence-electron chi connectivity index (χ2n) is 2.60. The minimum atomic E-state index is 0.276. The molecule has 1 heterocycles. The van der Waals surface area contributed by atoms with Gasteiger partial charge in [-0.05, 0) is 29.8 Å². The molecule has 0 bridgehead atoms. The summed E-state index contributed by atoms with van der Waals surface area (Å²) in [5.74, 6) is 0.276. The first kappa shape index (κ1) is 7.03. The van der Waals surface area contributed by atoms with E-state index in [9.17, 15) is 0 Å². The number of hydrogen-bond donors (Lipinski definition) is 1. The summed E-state index contributed by atoms with van der Waals surface area (Å²) < 4.78 is 0. The summed E-state index contributed by atoms with van der Waals surface area (Å²) in [5, 5.41) is 16.7. The molecule has 0 fully saturated rings. The van der Waals surface area contributed by atoms with E-state index in [1.807, 2.05) is 12.1 Å². The molecule has 0 aliphatic carbocycles. The molecule has 1 aromatic rings. The van der Waals surface area contributed by atoms with Crippen molar-refractivity contribution in [3.63, 3.8) is 0 Å². The number of aromatic hydroxyl groups is 1. The SMILES string of the molecule is Oc1ccc(C2=NN=CC2)cc1. The van der Waals surface area contributed by atoms with E-state index in [4.69, 9.17) is 5.11 Å². The first-order valence-corrected chi connectivity index (χ1v) is 3.74. The van der Waals surface area contributed by atoms with Gasteiger partial charge in [0, 0.05) is 12.6 Å². The van der Waals surface area contributed by atoms with Crippen molar-refractivity contribution in [1.29, 1.82) is 0 Å². The molecule has 0 aromatic heterocycles. The van der Waals surface area contributed by atoms with E-state index in [-0.39, 0.29) is 5.75 Å². The Hall–Kier alpha value is -1.64. The number of nitrogens with zero attached hydrogens (tertiary/aromatic N) is 2. The summed E-state index contributed by atoms with van der Waals surface area (Å²) in [7, 11) is 0. The van der Waals surface area contributed by atoms with Crippen LogP contribution in [0.4, 0.5) is 0 Å². The molecular weight excluding hydrogens is 152 g/mol. The summed E-state index contributed by atoms with van der Waals surface area (Å²) >= 11 is 0. The molecule has 0 radical (unpaired) electrons. The van der Waals surface area contributed by atoms with Crippen molar-refractivity contribution < 1.29 is 5.11 Å². The monoisotopic (exact) mass is 160 g/mol. The molecule has 1 aliphatic heterocycles. The zero-order chi connectivity index (χ0) is 8.39. The zero-order valence-corrected chi connectivity index (χ0v) is 6.44. The van der Waals surface area contributed by atoms with Gasteiger partial charge in [-0.2, -0.15) is 10.2 Å². The second kappa shape index (κ2) is 2.77. The van der Waals surface area contributed by atoms with Crippen molar-refractivity contribution in [1.82, 2.24) is 0 Å². The highest BCUT2D eigenvalue weighted by molar-refractivity contribution is 6.09. The van der Waals surface area contributed by atoms with Crippen LogP contribution in [0.1, 0.15) is 12.0 Å². The van der Waals surface area contributed by atoms with Crippen LogP contribution in [0.15, 0.2) is 34.5 Å². The maximum absolute atomic E-state index is 9.03. The van der Waals surface area contributed by atoms with Crippen LogP contribution < -0.4 is 0 Å². The molecule has 0 atom stereocenters. The van der Waals surface area contributed by atoms with Crippen LogP contribution >= 0.6 is 0 Å². The Balaban J connectivity index is 2.30. The normalized spacial score (nSPS) is 14.8. The molecular formula is C9H8N2O. The summed E-state index contributed by atoms with van der Waals surface area (Å²) in [6.07, 6.45) is 2.55. The first-order valence-electron chi connectivity index (χ1n) is 3.74. The molecule has 3 nitrogen and oxygen atoms in total. The summed E-state index contributed by atoms with van der Waals surface area (Å²) in [5.41, 5.74) is 1.97. The van der Waals surface area contributed by atoms with E-state index in [0.717, 1.165) is 17.7 Å². The van der Waals surface area contributed by atoms with Gasteiger partial charge in [-0.3, -0.25) is 0 Å². The predicted octanol–water partition coefficient (Wildman–Crippen LogP) is 1.57. The fourth-order valence-electron chi connectivity index (χ4n) is 1.11. The third kappa shape index (κ3) is 1.21. The van der Waals surface area contributed by atoms with Crippen LogP contribution in [0.3, 0.4) is 0 Å². The van der Waals surface area contributed by atoms with Gasteiger partial charge in [0.2, 0.25) is 0 Å². The fraction of sp³-hybridized carbons (Fsp3) is 0.111. The highest BCUT2D eigenvalue weighted by atomic mass is 16.3. The van der Waals surface area contributed by atoms with Crippen LogP contribution in [-0.2, 0) is 0 Å². The lowest BCUT2D eigenvalue weighted by Gasteiger charge is -1.97. The Morgan fingerprint density at radius 3 is 2.50 bits per heavy atom. The molecule has 1 N–H and O–H groups in total. The van der Waals surface area contributed by atoms with Gasteiger partial charge in [0.25, 0.3) is 0 Å². The number of benzene rings is 1. The molecule has 0 saturated heterocycles. The van der Waals surface area contributed by atoms with E-state index in [0.29, 0.717) is 0 Å². The molecule has 2 rings (SSSR count). The molecule has 12 heavy (non-hydrogen) atoms. The minimum Gasteiger partial charge on any atom is -0.508 e. The summed E-state index contributed by atoms with van der Waals surface area (Å²) in [6, 6.07) is 6.97. The van der Waals surface area contributed by atoms with Crippen LogP contribution in [-0.4, -0.2) is 17.0 Å². The van der Waals surface area contributed by atoms with Crippen LogP contribution in [0.5, 0.6) is 5.75 Å². The average molecular weight is 160 g/mol. The third-order valence-corrected chi connectivity index (χ3v) is 1.75. The Morgan fingerprint density at radius 2 is 1.92 bits per heavy atom. The summed E-state index contributed by atoms with van der Waals surface area (Å²) in [4.78, 5) is 0. The second-order valence-corrected chi connectivity index (χ2v) is 2.60. The molecule has 60 valence electrons. The van der Waals surface area contributed by atoms with Crippen molar-refractivity contribution in [2.75, 3.05) is 0 Å². The Morgan fingerprint density at radius 1 is 1.17 bits per heavy atom. The predicted molar refractivity (Wildman–Crippen MR) is 47.8 cm³/mol. The quantitative estimate of drug-likeness (QED) is 0.665. The van der Waals surface area contributed by atoms with Gasteiger partial charge in [-0.1, -0.05) is 0 Å². The average Bonchev–Trinajstić information content (AvgIpc) is 2.58. The van der Waals surface area contributed by atoms with Crippen LogP contribution in [0, 0.1) is 0 Å². The van der Waals surface area contributed by atoms with Crippen molar-refractivity contribution >= 4 is 11.9 Å². The first-order chi connectivity index (χ1) is 5.86. The zero-order valence-electron chi connectivity index (χ0n) is 6.44.